The van der Waals surface area contributed by atoms with Gasteiger partial charge in [-0.3, -0.25) is 0 Å². The van der Waals surface area contributed by atoms with Crippen molar-refractivity contribution < 1.29 is 9.50 Å². The Bertz CT molecular complexity index is 363. The molecule has 0 aliphatic heterocycles. The average molecular weight is 260 g/mol. The van der Waals surface area contributed by atoms with Crippen LogP contribution in [0, 0.1) is 5.82 Å². The second-order valence-corrected chi connectivity index (χ2v) is 3.96. The normalized spacial score (nSPS) is 13.4. The third kappa shape index (κ3) is 2.82. The van der Waals surface area contributed by atoms with Crippen LogP contribution in [0.5, 0.6) is 5.75 Å². The van der Waals surface area contributed by atoms with Crippen LogP contribution in [0.4, 0.5) is 4.39 Å². The van der Waals surface area contributed by atoms with Crippen molar-refractivity contribution in [2.24, 2.45) is 5.73 Å². The summed E-state index contributed by atoms with van der Waals surface area (Å²) >= 11 is 3.14. The van der Waals surface area contributed by atoms with Crippen molar-refractivity contribution in [3.63, 3.8) is 0 Å². The van der Waals surface area contributed by atoms with Gasteiger partial charge in [0.15, 0.2) is 11.6 Å². The first kappa shape index (κ1) is 11.2. The number of phenolic OH excluding ortho intramolecular Hbond substituents is 1. The molecule has 1 aromatic rings. The quantitative estimate of drug-likeness (QED) is 0.858. The lowest BCUT2D eigenvalue weighted by Crippen LogP contribution is -2.09. The molecule has 0 saturated carbocycles. The Morgan fingerprint density at radius 1 is 1.57 bits per heavy atom. The Labute approximate surface area is 90.4 Å². The zero-order valence-electron chi connectivity index (χ0n) is 7.67. The third-order valence-electron chi connectivity index (χ3n) is 1.64. The molecule has 0 heterocycles. The van der Waals surface area contributed by atoms with Crippen LogP contribution >= 0.6 is 15.9 Å². The molecule has 0 aliphatic rings. The summed E-state index contributed by atoms with van der Waals surface area (Å²) in [5.41, 5.74) is 5.90. The van der Waals surface area contributed by atoms with Crippen LogP contribution in [0.1, 0.15) is 12.5 Å². The van der Waals surface area contributed by atoms with E-state index in [-0.39, 0.29) is 11.8 Å². The van der Waals surface area contributed by atoms with Crippen molar-refractivity contribution >= 4 is 22.0 Å². The molecule has 1 aromatic carbocycles. The zero-order chi connectivity index (χ0) is 10.7. The standard InChI is InChI=1S/C10H11BrFNO/c1-6(13)2-3-7-4-8(11)5-9(12)10(7)14/h2-6,14H,13H2,1H3/b3-2+. The maximum atomic E-state index is 13.0. The summed E-state index contributed by atoms with van der Waals surface area (Å²) in [5.74, 6) is -1.01. The number of hydrogen-bond donors (Lipinski definition) is 2. The van der Waals surface area contributed by atoms with Crippen molar-refractivity contribution in [2.45, 2.75) is 13.0 Å². The molecule has 0 radical (unpaired) electrons. The van der Waals surface area contributed by atoms with E-state index in [2.05, 4.69) is 15.9 Å². The van der Waals surface area contributed by atoms with Gasteiger partial charge in [0.1, 0.15) is 0 Å². The summed E-state index contributed by atoms with van der Waals surface area (Å²) in [6.45, 7) is 1.79. The molecule has 2 nitrogen and oxygen atoms in total. The molecular weight excluding hydrogens is 249 g/mol. The summed E-state index contributed by atoms with van der Waals surface area (Å²) in [5, 5.41) is 9.35. The van der Waals surface area contributed by atoms with Gasteiger partial charge in [-0.2, -0.15) is 0 Å². The first-order valence-electron chi connectivity index (χ1n) is 4.12. The van der Waals surface area contributed by atoms with Crippen LogP contribution in [0.25, 0.3) is 6.08 Å². The minimum atomic E-state index is -0.649. The summed E-state index contributed by atoms with van der Waals surface area (Å²) in [6, 6.07) is 2.70. The maximum Gasteiger partial charge on any atom is 0.166 e. The largest absolute Gasteiger partial charge is 0.504 e. The van der Waals surface area contributed by atoms with E-state index in [1.165, 1.54) is 6.07 Å². The molecule has 0 fully saturated rings. The van der Waals surface area contributed by atoms with Gasteiger partial charge in [-0.1, -0.05) is 28.1 Å². The van der Waals surface area contributed by atoms with Gasteiger partial charge in [0, 0.05) is 16.1 Å². The van der Waals surface area contributed by atoms with E-state index in [1.54, 1.807) is 25.1 Å². The highest BCUT2D eigenvalue weighted by Crippen LogP contribution is 2.26. The SMILES string of the molecule is CC(N)/C=C/c1cc(Br)cc(F)c1O. The van der Waals surface area contributed by atoms with Crippen LogP contribution in [0.2, 0.25) is 0 Å². The van der Waals surface area contributed by atoms with Gasteiger partial charge >= 0.3 is 0 Å². The van der Waals surface area contributed by atoms with E-state index < -0.39 is 5.82 Å². The first-order valence-corrected chi connectivity index (χ1v) is 4.92. The molecule has 1 atom stereocenters. The average Bonchev–Trinajstić information content (AvgIpc) is 2.08. The number of rotatable bonds is 2. The summed E-state index contributed by atoms with van der Waals surface area (Å²) < 4.78 is 13.6. The highest BCUT2D eigenvalue weighted by Gasteiger charge is 2.06. The second kappa shape index (κ2) is 4.57. The van der Waals surface area contributed by atoms with E-state index in [9.17, 15) is 9.50 Å². The minimum absolute atomic E-state index is 0.128. The first-order chi connectivity index (χ1) is 6.50. The molecule has 14 heavy (non-hydrogen) atoms. The van der Waals surface area contributed by atoms with E-state index in [0.717, 1.165) is 0 Å². The summed E-state index contributed by atoms with van der Waals surface area (Å²) in [4.78, 5) is 0. The second-order valence-electron chi connectivity index (χ2n) is 3.04. The summed E-state index contributed by atoms with van der Waals surface area (Å²) in [7, 11) is 0. The fourth-order valence-corrected chi connectivity index (χ4v) is 1.42. The lowest BCUT2D eigenvalue weighted by molar-refractivity contribution is 0.431. The molecule has 0 spiro atoms. The van der Waals surface area contributed by atoms with Gasteiger partial charge in [-0.25, -0.2) is 4.39 Å². The fourth-order valence-electron chi connectivity index (χ4n) is 0.968. The molecule has 76 valence electrons. The molecule has 0 bridgehead atoms. The van der Waals surface area contributed by atoms with E-state index in [0.29, 0.717) is 10.0 Å². The van der Waals surface area contributed by atoms with E-state index in [1.807, 2.05) is 0 Å². The van der Waals surface area contributed by atoms with Crippen molar-refractivity contribution in [2.75, 3.05) is 0 Å². The maximum absolute atomic E-state index is 13.0. The number of phenols is 1. The Morgan fingerprint density at radius 2 is 2.21 bits per heavy atom. The van der Waals surface area contributed by atoms with Crippen LogP contribution in [0.3, 0.4) is 0 Å². The van der Waals surface area contributed by atoms with Crippen LogP contribution in [0.15, 0.2) is 22.7 Å². The number of benzene rings is 1. The van der Waals surface area contributed by atoms with E-state index in [4.69, 9.17) is 5.73 Å². The highest BCUT2D eigenvalue weighted by molar-refractivity contribution is 9.10. The molecular formula is C10H11BrFNO. The van der Waals surface area contributed by atoms with Gasteiger partial charge in [0.05, 0.1) is 0 Å². The van der Waals surface area contributed by atoms with E-state index >= 15 is 0 Å². The minimum Gasteiger partial charge on any atom is -0.504 e. The number of halogens is 2. The van der Waals surface area contributed by atoms with Crippen molar-refractivity contribution in [3.05, 3.63) is 34.1 Å². The van der Waals surface area contributed by atoms with Crippen molar-refractivity contribution in [1.82, 2.24) is 0 Å². The Hall–Kier alpha value is -0.870. The predicted molar refractivity (Wildman–Crippen MR) is 58.4 cm³/mol. The monoisotopic (exact) mass is 259 g/mol. The zero-order valence-corrected chi connectivity index (χ0v) is 9.25. The van der Waals surface area contributed by atoms with Crippen LogP contribution in [-0.4, -0.2) is 11.1 Å². The number of hydrogen-bond acceptors (Lipinski definition) is 2. The van der Waals surface area contributed by atoms with Gasteiger partial charge in [-0.15, -0.1) is 0 Å². The molecule has 1 unspecified atom stereocenters. The van der Waals surface area contributed by atoms with Gasteiger partial charge < -0.3 is 10.8 Å². The molecule has 4 heteroatoms. The molecule has 0 aromatic heterocycles. The van der Waals surface area contributed by atoms with Gasteiger partial charge in [-0.05, 0) is 19.1 Å². The smallest absolute Gasteiger partial charge is 0.166 e. The lowest BCUT2D eigenvalue weighted by atomic mass is 10.1. The molecule has 0 saturated heterocycles. The fraction of sp³-hybridized carbons (Fsp3) is 0.200. The molecule has 0 amide bonds. The van der Waals surface area contributed by atoms with Gasteiger partial charge in [0.25, 0.3) is 0 Å². The molecule has 0 aliphatic carbocycles. The molecule has 3 N–H and O–H groups in total. The third-order valence-corrected chi connectivity index (χ3v) is 2.09. The van der Waals surface area contributed by atoms with Gasteiger partial charge in [0.2, 0.25) is 0 Å². The number of nitrogens with two attached hydrogens (primary N) is 1. The number of aromatic hydroxyl groups is 1. The van der Waals surface area contributed by atoms with Crippen molar-refractivity contribution in [3.8, 4) is 5.75 Å². The van der Waals surface area contributed by atoms with Crippen LogP contribution in [-0.2, 0) is 0 Å². The Balaban J connectivity index is 3.08. The van der Waals surface area contributed by atoms with Crippen molar-refractivity contribution in [1.29, 1.82) is 0 Å². The molecule has 1 rings (SSSR count). The lowest BCUT2D eigenvalue weighted by Gasteiger charge is -2.02. The summed E-state index contributed by atoms with van der Waals surface area (Å²) in [6.07, 6.45) is 3.27. The van der Waals surface area contributed by atoms with Crippen LogP contribution < -0.4 is 5.73 Å². The Kier molecular flexibility index (Phi) is 3.66. The Morgan fingerprint density at radius 3 is 2.79 bits per heavy atom. The predicted octanol–water partition coefficient (Wildman–Crippen LogP) is 2.65. The highest BCUT2D eigenvalue weighted by atomic mass is 79.9. The topological polar surface area (TPSA) is 46.2 Å².